The molecule has 3 atom stereocenters. The van der Waals surface area contributed by atoms with Crippen molar-refractivity contribution >= 4 is 17.7 Å². The number of thioether (sulfide) groups is 1. The van der Waals surface area contributed by atoms with Gasteiger partial charge in [0.25, 0.3) is 0 Å². The summed E-state index contributed by atoms with van der Waals surface area (Å²) < 4.78 is 5.70. The molecule has 2 aromatic carbocycles. The Bertz CT molecular complexity index is 641. The topological polar surface area (TPSA) is 38.3 Å². The van der Waals surface area contributed by atoms with Crippen LogP contribution in [0, 0.1) is 0 Å². The van der Waals surface area contributed by atoms with Crippen molar-refractivity contribution < 1.29 is 9.53 Å². The molecular weight excluding hydrogens is 318 g/mol. The van der Waals surface area contributed by atoms with Crippen LogP contribution in [-0.2, 0) is 9.53 Å². The number of nitrogens with one attached hydrogen (secondary N) is 1. The predicted molar refractivity (Wildman–Crippen MR) is 98.1 cm³/mol. The van der Waals surface area contributed by atoms with Crippen LogP contribution < -0.4 is 5.32 Å². The summed E-state index contributed by atoms with van der Waals surface area (Å²) in [4.78, 5) is 14.0. The zero-order valence-corrected chi connectivity index (χ0v) is 14.7. The van der Waals surface area contributed by atoms with Crippen molar-refractivity contribution in [1.82, 2.24) is 5.32 Å². The van der Waals surface area contributed by atoms with Crippen LogP contribution in [0.3, 0.4) is 0 Å². The second-order valence-corrected chi connectivity index (χ2v) is 7.25. The maximum atomic E-state index is 12.9. The molecular formula is C20H23NO2S. The Morgan fingerprint density at radius 2 is 1.79 bits per heavy atom. The van der Waals surface area contributed by atoms with Gasteiger partial charge >= 0.3 is 0 Å². The molecule has 3 nitrogen and oxygen atoms in total. The van der Waals surface area contributed by atoms with Gasteiger partial charge < -0.3 is 10.1 Å². The van der Waals surface area contributed by atoms with E-state index in [0.29, 0.717) is 0 Å². The highest BCUT2D eigenvalue weighted by Gasteiger charge is 2.28. The number of hydrogen-bond donors (Lipinski definition) is 1. The Morgan fingerprint density at radius 3 is 2.42 bits per heavy atom. The van der Waals surface area contributed by atoms with Gasteiger partial charge in [0.15, 0.2) is 0 Å². The largest absolute Gasteiger partial charge is 0.376 e. The molecule has 0 unspecified atom stereocenters. The van der Waals surface area contributed by atoms with Crippen molar-refractivity contribution in [1.29, 1.82) is 0 Å². The van der Waals surface area contributed by atoms with E-state index in [9.17, 15) is 4.79 Å². The van der Waals surface area contributed by atoms with Crippen LogP contribution in [0.15, 0.2) is 65.6 Å². The van der Waals surface area contributed by atoms with E-state index in [4.69, 9.17) is 4.74 Å². The van der Waals surface area contributed by atoms with E-state index in [1.165, 1.54) is 0 Å². The smallest absolute Gasteiger partial charge is 0.238 e. The molecule has 0 radical (unpaired) electrons. The molecule has 1 amide bonds. The molecule has 24 heavy (non-hydrogen) atoms. The first kappa shape index (κ1) is 17.1. The van der Waals surface area contributed by atoms with Crippen LogP contribution in [0.25, 0.3) is 0 Å². The lowest BCUT2D eigenvalue weighted by Gasteiger charge is -2.23. The van der Waals surface area contributed by atoms with Crippen molar-refractivity contribution in [3.8, 4) is 0 Å². The summed E-state index contributed by atoms with van der Waals surface area (Å²) >= 11 is 1.58. The van der Waals surface area contributed by atoms with Crippen molar-refractivity contribution in [3.05, 3.63) is 66.2 Å². The minimum atomic E-state index is -0.266. The SMILES string of the molecule is C[C@@H](NC(=O)[C@H](Sc1ccccc1)c1ccccc1)[C@@H]1CCCO1. The lowest BCUT2D eigenvalue weighted by atomic mass is 10.1. The fourth-order valence-corrected chi connectivity index (χ4v) is 3.98. The third-order valence-electron chi connectivity index (χ3n) is 4.23. The number of amides is 1. The molecule has 0 spiro atoms. The maximum absolute atomic E-state index is 12.9. The molecule has 0 bridgehead atoms. The summed E-state index contributed by atoms with van der Waals surface area (Å²) in [6.07, 6.45) is 2.22. The van der Waals surface area contributed by atoms with Crippen LogP contribution >= 0.6 is 11.8 Å². The summed E-state index contributed by atoms with van der Waals surface area (Å²) in [5.74, 6) is 0.0399. The highest BCUT2D eigenvalue weighted by atomic mass is 32.2. The predicted octanol–water partition coefficient (Wildman–Crippen LogP) is 4.20. The minimum absolute atomic E-state index is 0.0302. The van der Waals surface area contributed by atoms with E-state index in [0.717, 1.165) is 29.9 Å². The zero-order chi connectivity index (χ0) is 16.8. The van der Waals surface area contributed by atoms with Gasteiger partial charge in [-0.15, -0.1) is 11.8 Å². The van der Waals surface area contributed by atoms with Crippen LogP contribution in [0.4, 0.5) is 0 Å². The second-order valence-electron chi connectivity index (χ2n) is 6.07. The lowest BCUT2D eigenvalue weighted by Crippen LogP contribution is -2.42. The summed E-state index contributed by atoms with van der Waals surface area (Å²) in [5, 5.41) is 2.89. The molecule has 1 fully saturated rings. The quantitative estimate of drug-likeness (QED) is 0.800. The van der Waals surface area contributed by atoms with Gasteiger partial charge in [0.05, 0.1) is 12.1 Å². The molecule has 2 aromatic rings. The number of ether oxygens (including phenoxy) is 1. The third kappa shape index (κ3) is 4.40. The molecule has 1 aliphatic rings. The Hall–Kier alpha value is -1.78. The molecule has 0 aliphatic carbocycles. The number of hydrogen-bond acceptors (Lipinski definition) is 3. The first-order valence-corrected chi connectivity index (χ1v) is 9.30. The van der Waals surface area contributed by atoms with E-state index in [1.54, 1.807) is 11.8 Å². The maximum Gasteiger partial charge on any atom is 0.238 e. The van der Waals surface area contributed by atoms with Crippen LogP contribution in [0.5, 0.6) is 0 Å². The van der Waals surface area contributed by atoms with E-state index >= 15 is 0 Å². The van der Waals surface area contributed by atoms with E-state index in [1.807, 2.05) is 67.6 Å². The summed E-state index contributed by atoms with van der Waals surface area (Å²) in [6.45, 7) is 2.83. The standard InChI is InChI=1S/C20H23NO2S/c1-15(18-13-8-14-23-18)21-20(22)19(16-9-4-2-5-10-16)24-17-11-6-3-7-12-17/h2-7,9-12,15,18-19H,8,13-14H2,1H3,(H,21,22)/t15-,18+,19-/m1/s1. The molecule has 1 N–H and O–H groups in total. The van der Waals surface area contributed by atoms with E-state index < -0.39 is 0 Å². The Kier molecular flexibility index (Phi) is 5.94. The molecule has 4 heteroatoms. The highest BCUT2D eigenvalue weighted by molar-refractivity contribution is 8.00. The van der Waals surface area contributed by atoms with Crippen LogP contribution in [0.2, 0.25) is 0 Å². The molecule has 0 saturated carbocycles. The van der Waals surface area contributed by atoms with Gasteiger partial charge in [-0.2, -0.15) is 0 Å². The Labute approximate surface area is 147 Å². The summed E-state index contributed by atoms with van der Waals surface area (Å²) in [7, 11) is 0. The van der Waals surface area contributed by atoms with E-state index in [2.05, 4.69) is 5.32 Å². The molecule has 3 rings (SSSR count). The van der Waals surface area contributed by atoms with Gasteiger partial charge in [-0.25, -0.2) is 0 Å². The molecule has 1 aliphatic heterocycles. The van der Waals surface area contributed by atoms with Gasteiger partial charge in [0.1, 0.15) is 5.25 Å². The van der Waals surface area contributed by atoms with Crippen LogP contribution in [-0.4, -0.2) is 24.7 Å². The first-order chi connectivity index (χ1) is 11.7. The highest BCUT2D eigenvalue weighted by Crippen LogP contribution is 2.35. The number of benzene rings is 2. The number of carbonyl (C=O) groups excluding carboxylic acids is 1. The monoisotopic (exact) mass is 341 g/mol. The van der Waals surface area contributed by atoms with Crippen LogP contribution in [0.1, 0.15) is 30.6 Å². The number of carbonyl (C=O) groups is 1. The first-order valence-electron chi connectivity index (χ1n) is 8.42. The van der Waals surface area contributed by atoms with Gasteiger partial charge in [0.2, 0.25) is 5.91 Å². The van der Waals surface area contributed by atoms with Gasteiger partial charge in [-0.1, -0.05) is 48.5 Å². The zero-order valence-electron chi connectivity index (χ0n) is 13.9. The fourth-order valence-electron chi connectivity index (χ4n) is 2.93. The van der Waals surface area contributed by atoms with Crippen molar-refractivity contribution in [3.63, 3.8) is 0 Å². The molecule has 0 aromatic heterocycles. The normalized spacial score (nSPS) is 19.6. The van der Waals surface area contributed by atoms with Gasteiger partial charge in [-0.3, -0.25) is 4.79 Å². The third-order valence-corrected chi connectivity index (χ3v) is 5.50. The molecule has 1 heterocycles. The van der Waals surface area contributed by atoms with Gasteiger partial charge in [0, 0.05) is 11.5 Å². The fraction of sp³-hybridized carbons (Fsp3) is 0.350. The Balaban J connectivity index is 1.74. The van der Waals surface area contributed by atoms with Gasteiger partial charge in [-0.05, 0) is 37.5 Å². The average Bonchev–Trinajstić information content (AvgIpc) is 3.16. The average molecular weight is 341 g/mol. The molecule has 126 valence electrons. The second kappa shape index (κ2) is 8.36. The Morgan fingerprint density at radius 1 is 1.12 bits per heavy atom. The summed E-state index contributed by atoms with van der Waals surface area (Å²) in [6, 6.07) is 20.0. The van der Waals surface area contributed by atoms with E-state index in [-0.39, 0.29) is 23.3 Å². The lowest BCUT2D eigenvalue weighted by molar-refractivity contribution is -0.122. The van der Waals surface area contributed by atoms with Crippen molar-refractivity contribution in [2.24, 2.45) is 0 Å². The molecule has 1 saturated heterocycles. The van der Waals surface area contributed by atoms with Crippen molar-refractivity contribution in [2.45, 2.75) is 42.1 Å². The van der Waals surface area contributed by atoms with Crippen molar-refractivity contribution in [2.75, 3.05) is 6.61 Å². The summed E-state index contributed by atoms with van der Waals surface area (Å²) in [5.41, 5.74) is 1.02. The number of rotatable bonds is 6. The minimum Gasteiger partial charge on any atom is -0.376 e.